The Kier molecular flexibility index (Phi) is 5.31. The van der Waals surface area contributed by atoms with Crippen molar-refractivity contribution in [3.8, 4) is 0 Å². The first-order chi connectivity index (χ1) is 10.0. The zero-order chi connectivity index (χ0) is 15.4. The third-order valence-corrected chi connectivity index (χ3v) is 3.94. The van der Waals surface area contributed by atoms with Crippen molar-refractivity contribution < 1.29 is 13.9 Å². The fourth-order valence-electron chi connectivity index (χ4n) is 2.77. The monoisotopic (exact) mass is 294 g/mol. The van der Waals surface area contributed by atoms with E-state index in [1.807, 2.05) is 13.0 Å². The number of rotatable bonds is 4. The summed E-state index contributed by atoms with van der Waals surface area (Å²) in [7, 11) is 1.38. The minimum Gasteiger partial charge on any atom is -0.468 e. The molecule has 1 aromatic rings. The zero-order valence-corrected chi connectivity index (χ0v) is 12.9. The van der Waals surface area contributed by atoms with Crippen LogP contribution in [0.15, 0.2) is 18.2 Å². The van der Waals surface area contributed by atoms with Crippen LogP contribution in [0.3, 0.4) is 0 Å². The highest BCUT2D eigenvalue weighted by Crippen LogP contribution is 2.17. The van der Waals surface area contributed by atoms with Gasteiger partial charge in [0, 0.05) is 32.1 Å². The number of nitrogens with one attached hydrogen (secondary N) is 1. The molecule has 2 atom stereocenters. The van der Waals surface area contributed by atoms with Gasteiger partial charge in [0.05, 0.1) is 7.11 Å². The van der Waals surface area contributed by atoms with Gasteiger partial charge in [0.25, 0.3) is 0 Å². The molecular formula is C16H23FN2O2. The number of aryl methyl sites for hydroxylation is 1. The minimum atomic E-state index is -0.434. The SMILES string of the molecule is COC(=O)C(Cc1ccc(C)cc1F)N1CCNC(C)C1. The Hall–Kier alpha value is -1.46. The highest BCUT2D eigenvalue weighted by atomic mass is 19.1. The van der Waals surface area contributed by atoms with Gasteiger partial charge < -0.3 is 10.1 Å². The molecule has 0 bridgehead atoms. The van der Waals surface area contributed by atoms with Crippen molar-refractivity contribution in [3.05, 3.63) is 35.1 Å². The second-order valence-electron chi connectivity index (χ2n) is 5.69. The van der Waals surface area contributed by atoms with E-state index in [2.05, 4.69) is 17.1 Å². The number of carbonyl (C=O) groups is 1. The predicted octanol–water partition coefficient (Wildman–Crippen LogP) is 1.51. The molecule has 0 aromatic heterocycles. The van der Waals surface area contributed by atoms with Crippen LogP contribution in [0.1, 0.15) is 18.1 Å². The topological polar surface area (TPSA) is 41.6 Å². The van der Waals surface area contributed by atoms with Gasteiger partial charge in [-0.05, 0) is 31.0 Å². The van der Waals surface area contributed by atoms with Crippen molar-refractivity contribution in [2.24, 2.45) is 0 Å². The van der Waals surface area contributed by atoms with Crippen LogP contribution >= 0.6 is 0 Å². The maximum Gasteiger partial charge on any atom is 0.323 e. The number of esters is 1. The van der Waals surface area contributed by atoms with E-state index >= 15 is 0 Å². The van der Waals surface area contributed by atoms with Gasteiger partial charge in [-0.15, -0.1) is 0 Å². The second-order valence-corrected chi connectivity index (χ2v) is 5.69. The zero-order valence-electron chi connectivity index (χ0n) is 12.9. The predicted molar refractivity (Wildman–Crippen MR) is 79.7 cm³/mol. The third-order valence-electron chi connectivity index (χ3n) is 3.94. The summed E-state index contributed by atoms with van der Waals surface area (Å²) >= 11 is 0. The van der Waals surface area contributed by atoms with Gasteiger partial charge in [-0.2, -0.15) is 0 Å². The summed E-state index contributed by atoms with van der Waals surface area (Å²) in [6.45, 7) is 6.27. The first kappa shape index (κ1) is 15.9. The van der Waals surface area contributed by atoms with Gasteiger partial charge >= 0.3 is 5.97 Å². The Morgan fingerprint density at radius 2 is 2.33 bits per heavy atom. The van der Waals surface area contributed by atoms with E-state index in [4.69, 9.17) is 4.74 Å². The van der Waals surface area contributed by atoms with Crippen LogP contribution in [0, 0.1) is 12.7 Å². The minimum absolute atomic E-state index is 0.257. The van der Waals surface area contributed by atoms with E-state index in [9.17, 15) is 9.18 Å². The third kappa shape index (κ3) is 4.02. The quantitative estimate of drug-likeness (QED) is 0.855. The molecule has 1 aliphatic rings. The summed E-state index contributed by atoms with van der Waals surface area (Å²) in [6, 6.07) is 5.01. The number of ether oxygens (including phenoxy) is 1. The fourth-order valence-corrected chi connectivity index (χ4v) is 2.77. The highest BCUT2D eigenvalue weighted by Gasteiger charge is 2.30. The molecule has 1 heterocycles. The van der Waals surface area contributed by atoms with Crippen LogP contribution in [0.4, 0.5) is 4.39 Å². The molecule has 5 heteroatoms. The molecule has 1 N–H and O–H groups in total. The van der Waals surface area contributed by atoms with Crippen molar-refractivity contribution in [2.45, 2.75) is 32.4 Å². The number of hydrogen-bond acceptors (Lipinski definition) is 4. The summed E-state index contributed by atoms with van der Waals surface area (Å²) in [5, 5.41) is 3.34. The molecule has 1 fully saturated rings. The standard InChI is InChI=1S/C16H23FN2O2/c1-11-4-5-13(14(17)8-11)9-15(16(20)21-3)19-7-6-18-12(2)10-19/h4-5,8,12,15,18H,6-7,9-10H2,1-3H3. The molecule has 0 spiro atoms. The van der Waals surface area contributed by atoms with E-state index in [1.165, 1.54) is 13.2 Å². The molecule has 0 amide bonds. The average Bonchev–Trinajstić information content (AvgIpc) is 2.45. The Balaban J connectivity index is 2.18. The highest BCUT2D eigenvalue weighted by molar-refractivity contribution is 5.76. The van der Waals surface area contributed by atoms with Crippen molar-refractivity contribution in [2.75, 3.05) is 26.7 Å². The van der Waals surface area contributed by atoms with Crippen LogP contribution < -0.4 is 5.32 Å². The largest absolute Gasteiger partial charge is 0.468 e. The van der Waals surface area contributed by atoms with Crippen LogP contribution in [0.5, 0.6) is 0 Å². The Bertz CT molecular complexity index is 507. The lowest BCUT2D eigenvalue weighted by Crippen LogP contribution is -2.55. The van der Waals surface area contributed by atoms with Crippen molar-refractivity contribution in [1.82, 2.24) is 10.2 Å². The number of halogens is 1. The summed E-state index contributed by atoms with van der Waals surface area (Å²) < 4.78 is 19.0. The number of methoxy groups -OCH3 is 1. The molecule has 0 saturated carbocycles. The van der Waals surface area contributed by atoms with Gasteiger partial charge in [-0.25, -0.2) is 4.39 Å². The van der Waals surface area contributed by atoms with E-state index < -0.39 is 6.04 Å². The average molecular weight is 294 g/mol. The number of carbonyl (C=O) groups excluding carboxylic acids is 1. The Morgan fingerprint density at radius 3 is 2.95 bits per heavy atom. The first-order valence-electron chi connectivity index (χ1n) is 7.31. The van der Waals surface area contributed by atoms with Gasteiger partial charge in [-0.1, -0.05) is 12.1 Å². The summed E-state index contributed by atoms with van der Waals surface area (Å²) in [6.07, 6.45) is 0.339. The van der Waals surface area contributed by atoms with Crippen molar-refractivity contribution in [1.29, 1.82) is 0 Å². The van der Waals surface area contributed by atoms with Gasteiger partial charge in [0.2, 0.25) is 0 Å². The molecule has 21 heavy (non-hydrogen) atoms. The van der Waals surface area contributed by atoms with Crippen LogP contribution in [0.2, 0.25) is 0 Å². The lowest BCUT2D eigenvalue weighted by molar-refractivity contribution is -0.147. The normalized spacial score (nSPS) is 21.0. The summed E-state index contributed by atoms with van der Waals surface area (Å²) in [5.74, 6) is -0.559. The maximum atomic E-state index is 14.0. The van der Waals surface area contributed by atoms with Crippen molar-refractivity contribution >= 4 is 5.97 Å². The van der Waals surface area contributed by atoms with Gasteiger partial charge in [0.1, 0.15) is 11.9 Å². The van der Waals surface area contributed by atoms with E-state index in [0.29, 0.717) is 18.0 Å². The summed E-state index contributed by atoms with van der Waals surface area (Å²) in [4.78, 5) is 14.2. The van der Waals surface area contributed by atoms with Crippen LogP contribution in [-0.4, -0.2) is 49.7 Å². The molecule has 2 unspecified atom stereocenters. The Labute approximate surface area is 125 Å². The maximum absolute atomic E-state index is 14.0. The Morgan fingerprint density at radius 1 is 1.57 bits per heavy atom. The van der Waals surface area contributed by atoms with E-state index in [-0.39, 0.29) is 11.8 Å². The smallest absolute Gasteiger partial charge is 0.323 e. The van der Waals surface area contributed by atoms with Gasteiger partial charge in [-0.3, -0.25) is 9.69 Å². The van der Waals surface area contributed by atoms with Crippen molar-refractivity contribution in [3.63, 3.8) is 0 Å². The van der Waals surface area contributed by atoms with Crippen LogP contribution in [-0.2, 0) is 16.0 Å². The lowest BCUT2D eigenvalue weighted by atomic mass is 10.0. The number of nitrogens with zero attached hydrogens (tertiary/aromatic N) is 1. The first-order valence-corrected chi connectivity index (χ1v) is 7.31. The van der Waals surface area contributed by atoms with E-state index in [0.717, 1.165) is 25.2 Å². The molecule has 4 nitrogen and oxygen atoms in total. The molecular weight excluding hydrogens is 271 g/mol. The number of piperazine rings is 1. The molecule has 1 aliphatic heterocycles. The van der Waals surface area contributed by atoms with E-state index in [1.54, 1.807) is 6.07 Å². The fraction of sp³-hybridized carbons (Fsp3) is 0.562. The lowest BCUT2D eigenvalue weighted by Gasteiger charge is -2.36. The molecule has 2 rings (SSSR count). The molecule has 1 aromatic carbocycles. The van der Waals surface area contributed by atoms with Crippen LogP contribution in [0.25, 0.3) is 0 Å². The molecule has 1 saturated heterocycles. The number of hydrogen-bond donors (Lipinski definition) is 1. The van der Waals surface area contributed by atoms with Gasteiger partial charge in [0.15, 0.2) is 0 Å². The molecule has 0 radical (unpaired) electrons. The molecule has 0 aliphatic carbocycles. The summed E-state index contributed by atoms with van der Waals surface area (Å²) in [5.41, 5.74) is 1.43. The number of benzene rings is 1. The second kappa shape index (κ2) is 7.00. The molecule has 116 valence electrons.